The van der Waals surface area contributed by atoms with Gasteiger partial charge in [-0.25, -0.2) is 4.98 Å². The van der Waals surface area contributed by atoms with Gasteiger partial charge in [-0.3, -0.25) is 0 Å². The van der Waals surface area contributed by atoms with Crippen molar-refractivity contribution in [3.05, 3.63) is 23.4 Å². The molecule has 0 atom stereocenters. The normalized spacial score (nSPS) is 10.7. The predicted molar refractivity (Wildman–Crippen MR) is 83.8 cm³/mol. The first-order valence-electron chi connectivity index (χ1n) is 7.56. The first-order valence-corrected chi connectivity index (χ1v) is 7.56. The summed E-state index contributed by atoms with van der Waals surface area (Å²) in [4.78, 5) is 6.91. The highest BCUT2D eigenvalue weighted by Crippen LogP contribution is 2.14. The number of aryl methyl sites for hydroxylation is 1. The molecule has 0 unspecified atom stereocenters. The zero-order valence-electron chi connectivity index (χ0n) is 13.0. The quantitative estimate of drug-likeness (QED) is 0.691. The van der Waals surface area contributed by atoms with E-state index < -0.39 is 0 Å². The molecule has 0 aliphatic carbocycles. The van der Waals surface area contributed by atoms with Crippen LogP contribution in [0.2, 0.25) is 0 Å². The average molecular weight is 263 g/mol. The number of rotatable bonds is 9. The third-order valence-corrected chi connectivity index (χ3v) is 3.24. The van der Waals surface area contributed by atoms with Crippen LogP contribution >= 0.6 is 0 Å². The zero-order chi connectivity index (χ0) is 14.1. The van der Waals surface area contributed by atoms with Crippen LogP contribution in [0.1, 0.15) is 50.8 Å². The number of hydrogen-bond acceptors (Lipinski definition) is 3. The fourth-order valence-corrected chi connectivity index (χ4v) is 2.14. The fourth-order valence-electron chi connectivity index (χ4n) is 2.14. The van der Waals surface area contributed by atoms with E-state index in [2.05, 4.69) is 55.2 Å². The van der Waals surface area contributed by atoms with Gasteiger partial charge in [-0.15, -0.1) is 0 Å². The molecule has 108 valence electrons. The van der Waals surface area contributed by atoms with Gasteiger partial charge in [-0.1, -0.05) is 26.7 Å². The molecule has 3 heteroatoms. The van der Waals surface area contributed by atoms with E-state index in [0.717, 1.165) is 31.1 Å². The molecule has 0 aromatic carbocycles. The molecule has 0 spiro atoms. The topological polar surface area (TPSA) is 28.2 Å². The highest BCUT2D eigenvalue weighted by atomic mass is 15.2. The van der Waals surface area contributed by atoms with E-state index in [1.165, 1.54) is 31.2 Å². The minimum Gasteiger partial charge on any atom is -0.360 e. The van der Waals surface area contributed by atoms with Crippen molar-refractivity contribution in [1.29, 1.82) is 0 Å². The van der Waals surface area contributed by atoms with Crippen LogP contribution in [0, 0.1) is 6.92 Å². The molecule has 1 aromatic heterocycles. The van der Waals surface area contributed by atoms with Gasteiger partial charge >= 0.3 is 0 Å². The largest absolute Gasteiger partial charge is 0.360 e. The standard InChI is InChI=1S/C16H29N3/c1-5-7-8-10-19(4)16-12-15(11-14(3)18-16)13-17-9-6-2/h11-12,17H,5-10,13H2,1-4H3. The summed E-state index contributed by atoms with van der Waals surface area (Å²) < 4.78 is 0. The Labute approximate surface area is 118 Å². The van der Waals surface area contributed by atoms with Gasteiger partial charge in [0.1, 0.15) is 5.82 Å². The first-order chi connectivity index (χ1) is 9.17. The Morgan fingerprint density at radius 3 is 2.63 bits per heavy atom. The smallest absolute Gasteiger partial charge is 0.128 e. The summed E-state index contributed by atoms with van der Waals surface area (Å²) >= 11 is 0. The molecule has 1 aromatic rings. The van der Waals surface area contributed by atoms with E-state index in [0.29, 0.717) is 0 Å². The number of anilines is 1. The second-order valence-corrected chi connectivity index (χ2v) is 5.28. The van der Waals surface area contributed by atoms with Crippen molar-refractivity contribution in [2.75, 3.05) is 25.0 Å². The Hall–Kier alpha value is -1.09. The maximum absolute atomic E-state index is 4.64. The van der Waals surface area contributed by atoms with Gasteiger partial charge < -0.3 is 10.2 Å². The highest BCUT2D eigenvalue weighted by molar-refractivity contribution is 5.41. The third kappa shape index (κ3) is 6.06. The molecule has 3 nitrogen and oxygen atoms in total. The Kier molecular flexibility index (Phi) is 7.49. The van der Waals surface area contributed by atoms with Crippen LogP contribution in [0.15, 0.2) is 12.1 Å². The van der Waals surface area contributed by atoms with Crippen molar-refractivity contribution in [3.63, 3.8) is 0 Å². The molecule has 0 amide bonds. The lowest BCUT2D eigenvalue weighted by atomic mass is 10.2. The van der Waals surface area contributed by atoms with Crippen molar-refractivity contribution in [3.8, 4) is 0 Å². The lowest BCUT2D eigenvalue weighted by molar-refractivity contribution is 0.672. The third-order valence-electron chi connectivity index (χ3n) is 3.24. The van der Waals surface area contributed by atoms with Crippen molar-refractivity contribution in [2.45, 2.75) is 53.0 Å². The average Bonchev–Trinajstić information content (AvgIpc) is 2.38. The molecule has 0 saturated carbocycles. The number of pyridine rings is 1. The minimum absolute atomic E-state index is 0.938. The van der Waals surface area contributed by atoms with E-state index in [-0.39, 0.29) is 0 Å². The van der Waals surface area contributed by atoms with E-state index in [1.54, 1.807) is 0 Å². The Morgan fingerprint density at radius 2 is 1.95 bits per heavy atom. The molecule has 0 fully saturated rings. The van der Waals surface area contributed by atoms with Gasteiger partial charge in [0.2, 0.25) is 0 Å². The molecular formula is C16H29N3. The van der Waals surface area contributed by atoms with Crippen molar-refractivity contribution in [2.24, 2.45) is 0 Å². The molecule has 0 aliphatic rings. The number of nitrogens with one attached hydrogen (secondary N) is 1. The minimum atomic E-state index is 0.938. The maximum atomic E-state index is 4.64. The molecule has 0 aliphatic heterocycles. The van der Waals surface area contributed by atoms with Crippen LogP contribution in [0.4, 0.5) is 5.82 Å². The Bertz CT molecular complexity index is 363. The van der Waals surface area contributed by atoms with Crippen LogP contribution in [-0.2, 0) is 6.54 Å². The van der Waals surface area contributed by atoms with Crippen LogP contribution in [0.3, 0.4) is 0 Å². The lowest BCUT2D eigenvalue weighted by Crippen LogP contribution is -2.21. The number of aromatic nitrogens is 1. The molecule has 19 heavy (non-hydrogen) atoms. The van der Waals surface area contributed by atoms with Gasteiger partial charge in [-0.05, 0) is 44.0 Å². The summed E-state index contributed by atoms with van der Waals surface area (Å²) in [6.45, 7) is 9.61. The number of nitrogens with zero attached hydrogens (tertiary/aromatic N) is 2. The highest BCUT2D eigenvalue weighted by Gasteiger charge is 2.05. The molecule has 0 bridgehead atoms. The molecule has 0 radical (unpaired) electrons. The first kappa shape index (κ1) is 16.0. The summed E-state index contributed by atoms with van der Waals surface area (Å²) in [5.41, 5.74) is 2.44. The van der Waals surface area contributed by atoms with E-state index in [1.807, 2.05) is 0 Å². The number of hydrogen-bond donors (Lipinski definition) is 1. The van der Waals surface area contributed by atoms with E-state index >= 15 is 0 Å². The summed E-state index contributed by atoms with van der Waals surface area (Å²) in [5, 5.41) is 3.45. The van der Waals surface area contributed by atoms with Gasteiger partial charge in [0.15, 0.2) is 0 Å². The summed E-state index contributed by atoms with van der Waals surface area (Å²) in [6.07, 6.45) is 4.97. The SMILES string of the molecule is CCCCCN(C)c1cc(CNCCC)cc(C)n1. The van der Waals surface area contributed by atoms with Crippen LogP contribution in [-0.4, -0.2) is 25.1 Å². The van der Waals surface area contributed by atoms with Gasteiger partial charge in [0.05, 0.1) is 0 Å². The van der Waals surface area contributed by atoms with Crippen LogP contribution in [0.25, 0.3) is 0 Å². The summed E-state index contributed by atoms with van der Waals surface area (Å²) in [5.74, 6) is 1.10. The Morgan fingerprint density at radius 1 is 1.16 bits per heavy atom. The predicted octanol–water partition coefficient (Wildman–Crippen LogP) is 3.52. The summed E-state index contributed by atoms with van der Waals surface area (Å²) in [6, 6.07) is 4.38. The molecular weight excluding hydrogens is 234 g/mol. The second kappa shape index (κ2) is 8.92. The van der Waals surface area contributed by atoms with E-state index in [4.69, 9.17) is 0 Å². The fraction of sp³-hybridized carbons (Fsp3) is 0.688. The van der Waals surface area contributed by atoms with Gasteiger partial charge in [-0.2, -0.15) is 0 Å². The second-order valence-electron chi connectivity index (χ2n) is 5.28. The van der Waals surface area contributed by atoms with E-state index in [9.17, 15) is 0 Å². The lowest BCUT2D eigenvalue weighted by Gasteiger charge is -2.19. The zero-order valence-corrected chi connectivity index (χ0v) is 13.0. The van der Waals surface area contributed by atoms with Crippen molar-refractivity contribution in [1.82, 2.24) is 10.3 Å². The molecule has 0 saturated heterocycles. The van der Waals surface area contributed by atoms with Gasteiger partial charge in [0.25, 0.3) is 0 Å². The Balaban J connectivity index is 2.61. The monoisotopic (exact) mass is 263 g/mol. The maximum Gasteiger partial charge on any atom is 0.128 e. The molecule has 1 rings (SSSR count). The van der Waals surface area contributed by atoms with Crippen LogP contribution in [0.5, 0.6) is 0 Å². The van der Waals surface area contributed by atoms with Gasteiger partial charge in [0, 0.05) is 25.8 Å². The van der Waals surface area contributed by atoms with Crippen LogP contribution < -0.4 is 10.2 Å². The van der Waals surface area contributed by atoms with Crippen molar-refractivity contribution < 1.29 is 0 Å². The molecule has 1 N–H and O–H groups in total. The molecule has 1 heterocycles. The number of unbranched alkanes of at least 4 members (excludes halogenated alkanes) is 2. The summed E-state index contributed by atoms with van der Waals surface area (Å²) in [7, 11) is 2.14. The van der Waals surface area contributed by atoms with Crippen molar-refractivity contribution >= 4 is 5.82 Å².